The summed E-state index contributed by atoms with van der Waals surface area (Å²) in [6, 6.07) is 6.32. The molecule has 0 bridgehead atoms. The minimum Gasteiger partial charge on any atom is -0.443 e. The molecule has 0 aliphatic carbocycles. The van der Waals surface area contributed by atoms with Crippen molar-refractivity contribution in [3.8, 4) is 0 Å². The number of hydrogen-bond donors (Lipinski definition) is 2. The molecule has 80 valence electrons. The molecule has 1 heterocycles. The van der Waals surface area contributed by atoms with Gasteiger partial charge in [0.15, 0.2) is 12.0 Å². The lowest BCUT2D eigenvalue weighted by Gasteiger charge is -2.14. The Morgan fingerprint density at radius 2 is 2.40 bits per heavy atom. The first-order chi connectivity index (χ1) is 7.35. The van der Waals surface area contributed by atoms with E-state index in [0.717, 1.165) is 17.5 Å². The number of rotatable bonds is 4. The largest absolute Gasteiger partial charge is 0.443 e. The van der Waals surface area contributed by atoms with Crippen LogP contribution in [0.25, 0.3) is 11.1 Å². The molecule has 4 nitrogen and oxygen atoms in total. The molecule has 0 aliphatic rings. The van der Waals surface area contributed by atoms with Gasteiger partial charge in [0, 0.05) is 6.04 Å². The van der Waals surface area contributed by atoms with E-state index in [4.69, 9.17) is 10.2 Å². The number of fused-ring (bicyclic) bond motifs is 1. The van der Waals surface area contributed by atoms with E-state index in [9.17, 15) is 0 Å². The molecule has 0 saturated carbocycles. The highest BCUT2D eigenvalue weighted by Crippen LogP contribution is 2.21. The number of hydrogen-bond acceptors (Lipinski definition) is 4. The van der Waals surface area contributed by atoms with Crippen LogP contribution >= 0.6 is 0 Å². The summed E-state index contributed by atoms with van der Waals surface area (Å²) in [4.78, 5) is 4.08. The Kier molecular flexibility index (Phi) is 2.99. The first-order valence-electron chi connectivity index (χ1n) is 5.05. The van der Waals surface area contributed by atoms with E-state index < -0.39 is 0 Å². The van der Waals surface area contributed by atoms with Gasteiger partial charge < -0.3 is 15.5 Å². The molecule has 2 aromatic rings. The van der Waals surface area contributed by atoms with E-state index in [1.165, 1.54) is 12.0 Å². The zero-order chi connectivity index (χ0) is 10.7. The lowest BCUT2D eigenvalue weighted by molar-refractivity contribution is 0.554. The van der Waals surface area contributed by atoms with Crippen molar-refractivity contribution in [3.63, 3.8) is 0 Å². The number of nitrogens with zero attached hydrogens (tertiary/aromatic N) is 1. The third kappa shape index (κ3) is 2.00. The summed E-state index contributed by atoms with van der Waals surface area (Å²) < 4.78 is 5.26. The number of aromatic nitrogens is 1. The Hall–Kier alpha value is -1.39. The van der Waals surface area contributed by atoms with Crippen LogP contribution in [0.5, 0.6) is 0 Å². The molecule has 2 rings (SSSR count). The van der Waals surface area contributed by atoms with Crippen molar-refractivity contribution >= 4 is 11.1 Å². The second kappa shape index (κ2) is 4.42. The van der Waals surface area contributed by atoms with Crippen LogP contribution in [0.1, 0.15) is 18.0 Å². The van der Waals surface area contributed by atoms with Gasteiger partial charge in [0.05, 0.1) is 0 Å². The van der Waals surface area contributed by atoms with E-state index in [2.05, 4.69) is 16.4 Å². The summed E-state index contributed by atoms with van der Waals surface area (Å²) in [6.45, 7) is 0.667. The van der Waals surface area contributed by atoms with Gasteiger partial charge in [-0.05, 0) is 37.7 Å². The van der Waals surface area contributed by atoms with Gasteiger partial charge in [0.2, 0.25) is 0 Å². The third-order valence-electron chi connectivity index (χ3n) is 2.56. The SMILES string of the molecule is CNC(CCN)c1ccc2ncoc2c1. The average molecular weight is 205 g/mol. The van der Waals surface area contributed by atoms with Crippen molar-refractivity contribution in [1.29, 1.82) is 0 Å². The minimum atomic E-state index is 0.282. The highest BCUT2D eigenvalue weighted by molar-refractivity contribution is 5.72. The topological polar surface area (TPSA) is 64.1 Å². The van der Waals surface area contributed by atoms with E-state index in [0.29, 0.717) is 6.54 Å². The molecular weight excluding hydrogens is 190 g/mol. The first kappa shape index (κ1) is 10.1. The fourth-order valence-corrected chi connectivity index (χ4v) is 1.73. The Labute approximate surface area is 88.5 Å². The van der Waals surface area contributed by atoms with Crippen molar-refractivity contribution in [2.75, 3.05) is 13.6 Å². The van der Waals surface area contributed by atoms with Gasteiger partial charge in [-0.1, -0.05) is 6.07 Å². The maximum absolute atomic E-state index is 5.56. The van der Waals surface area contributed by atoms with Crippen LogP contribution in [0.15, 0.2) is 29.0 Å². The fraction of sp³-hybridized carbons (Fsp3) is 0.364. The van der Waals surface area contributed by atoms with Crippen LogP contribution in [0.4, 0.5) is 0 Å². The molecule has 0 aliphatic heterocycles. The summed E-state index contributed by atoms with van der Waals surface area (Å²) >= 11 is 0. The van der Waals surface area contributed by atoms with Crippen molar-refractivity contribution in [2.24, 2.45) is 5.73 Å². The number of benzene rings is 1. The fourth-order valence-electron chi connectivity index (χ4n) is 1.73. The van der Waals surface area contributed by atoms with Crippen LogP contribution in [0.2, 0.25) is 0 Å². The van der Waals surface area contributed by atoms with Gasteiger partial charge in [0.1, 0.15) is 5.52 Å². The quantitative estimate of drug-likeness (QED) is 0.792. The van der Waals surface area contributed by atoms with Gasteiger partial charge in [-0.25, -0.2) is 4.98 Å². The molecular formula is C11H15N3O. The maximum atomic E-state index is 5.56. The Bertz CT molecular complexity index is 438. The van der Waals surface area contributed by atoms with Crippen LogP contribution < -0.4 is 11.1 Å². The lowest BCUT2D eigenvalue weighted by Crippen LogP contribution is -2.19. The normalized spacial score (nSPS) is 13.2. The number of oxazole rings is 1. The van der Waals surface area contributed by atoms with E-state index in [1.807, 2.05) is 19.2 Å². The highest BCUT2D eigenvalue weighted by atomic mass is 16.3. The van der Waals surface area contributed by atoms with Crippen LogP contribution in [0.3, 0.4) is 0 Å². The highest BCUT2D eigenvalue weighted by Gasteiger charge is 2.09. The Morgan fingerprint density at radius 3 is 3.13 bits per heavy atom. The van der Waals surface area contributed by atoms with Gasteiger partial charge in [-0.3, -0.25) is 0 Å². The van der Waals surface area contributed by atoms with Gasteiger partial charge >= 0.3 is 0 Å². The lowest BCUT2D eigenvalue weighted by atomic mass is 10.0. The van der Waals surface area contributed by atoms with Crippen LogP contribution in [-0.4, -0.2) is 18.6 Å². The smallest absolute Gasteiger partial charge is 0.181 e. The summed E-state index contributed by atoms with van der Waals surface area (Å²) in [7, 11) is 1.94. The summed E-state index contributed by atoms with van der Waals surface area (Å²) in [6.07, 6.45) is 2.38. The van der Waals surface area contributed by atoms with Crippen molar-refractivity contribution in [3.05, 3.63) is 30.2 Å². The van der Waals surface area contributed by atoms with Crippen molar-refractivity contribution < 1.29 is 4.42 Å². The molecule has 0 fully saturated rings. The van der Waals surface area contributed by atoms with E-state index in [-0.39, 0.29) is 6.04 Å². The standard InChI is InChI=1S/C11H15N3O/c1-13-9(4-5-12)8-2-3-10-11(6-8)15-7-14-10/h2-3,6-7,9,13H,4-5,12H2,1H3. The maximum Gasteiger partial charge on any atom is 0.181 e. The van der Waals surface area contributed by atoms with Gasteiger partial charge in [-0.15, -0.1) is 0 Å². The second-order valence-electron chi connectivity index (χ2n) is 3.50. The van der Waals surface area contributed by atoms with Crippen molar-refractivity contribution in [1.82, 2.24) is 10.3 Å². The van der Waals surface area contributed by atoms with Gasteiger partial charge in [-0.2, -0.15) is 0 Å². The second-order valence-corrected chi connectivity index (χ2v) is 3.50. The molecule has 15 heavy (non-hydrogen) atoms. The monoisotopic (exact) mass is 205 g/mol. The third-order valence-corrected chi connectivity index (χ3v) is 2.56. The molecule has 0 amide bonds. The van der Waals surface area contributed by atoms with E-state index in [1.54, 1.807) is 0 Å². The first-order valence-corrected chi connectivity index (χ1v) is 5.05. The molecule has 0 spiro atoms. The Balaban J connectivity index is 2.33. The summed E-state index contributed by atoms with van der Waals surface area (Å²) in [5, 5.41) is 3.23. The minimum absolute atomic E-state index is 0.282. The molecule has 4 heteroatoms. The van der Waals surface area contributed by atoms with E-state index >= 15 is 0 Å². The van der Waals surface area contributed by atoms with Crippen LogP contribution in [-0.2, 0) is 0 Å². The van der Waals surface area contributed by atoms with Crippen LogP contribution in [0, 0.1) is 0 Å². The zero-order valence-corrected chi connectivity index (χ0v) is 8.73. The van der Waals surface area contributed by atoms with Crippen molar-refractivity contribution in [2.45, 2.75) is 12.5 Å². The zero-order valence-electron chi connectivity index (χ0n) is 8.73. The molecule has 0 radical (unpaired) electrons. The van der Waals surface area contributed by atoms with Gasteiger partial charge in [0.25, 0.3) is 0 Å². The molecule has 1 aromatic heterocycles. The molecule has 1 aromatic carbocycles. The molecule has 1 unspecified atom stereocenters. The summed E-state index contributed by atoms with van der Waals surface area (Å²) in [5.41, 5.74) is 8.46. The molecule has 1 atom stereocenters. The predicted molar refractivity (Wildman–Crippen MR) is 59.5 cm³/mol. The summed E-state index contributed by atoms with van der Waals surface area (Å²) in [5.74, 6) is 0. The predicted octanol–water partition coefficient (Wildman–Crippen LogP) is 1.44. The molecule has 3 N–H and O–H groups in total. The Morgan fingerprint density at radius 1 is 1.53 bits per heavy atom. The number of nitrogens with two attached hydrogens (primary N) is 1. The molecule has 0 saturated heterocycles. The number of nitrogens with one attached hydrogen (secondary N) is 1. The average Bonchev–Trinajstić information content (AvgIpc) is 2.72.